The smallest absolute Gasteiger partial charge is 0.220 e. The second-order valence-corrected chi connectivity index (χ2v) is 8.19. The number of fused-ring (bicyclic) bond motifs is 1. The van der Waals surface area contributed by atoms with Crippen molar-refractivity contribution in [1.29, 1.82) is 0 Å². The highest BCUT2D eigenvalue weighted by Gasteiger charge is 2.16. The number of hydrogen-bond acceptors (Lipinski definition) is 6. The molecule has 0 aliphatic carbocycles. The quantitative estimate of drug-likeness (QED) is 0.541. The monoisotopic (exact) mass is 397 g/mol. The van der Waals surface area contributed by atoms with Crippen molar-refractivity contribution in [3.63, 3.8) is 0 Å². The lowest BCUT2D eigenvalue weighted by Crippen LogP contribution is -2.31. The molecule has 0 aliphatic heterocycles. The molecule has 28 heavy (non-hydrogen) atoms. The Morgan fingerprint density at radius 2 is 1.93 bits per heavy atom. The maximum Gasteiger partial charge on any atom is 0.220 e. The molecule has 0 unspecified atom stereocenters. The van der Waals surface area contributed by atoms with Crippen molar-refractivity contribution in [1.82, 2.24) is 20.2 Å². The van der Waals surface area contributed by atoms with Crippen molar-refractivity contribution in [3.05, 3.63) is 41.5 Å². The molecule has 7 heteroatoms. The Bertz CT molecular complexity index is 923. The van der Waals surface area contributed by atoms with E-state index in [0.29, 0.717) is 19.5 Å². The molecule has 0 aliphatic rings. The number of thiophene rings is 1. The van der Waals surface area contributed by atoms with E-state index in [2.05, 4.69) is 44.6 Å². The van der Waals surface area contributed by atoms with Gasteiger partial charge in [-0.25, -0.2) is 9.97 Å². The van der Waals surface area contributed by atoms with Crippen LogP contribution in [0.5, 0.6) is 0 Å². The summed E-state index contributed by atoms with van der Waals surface area (Å²) in [6.07, 6.45) is 2.86. The zero-order chi connectivity index (χ0) is 19.9. The van der Waals surface area contributed by atoms with Gasteiger partial charge in [-0.05, 0) is 33.0 Å². The number of carbonyl (C=O) groups is 1. The lowest BCUT2D eigenvalue weighted by atomic mass is 10.0. The Labute approximate surface area is 170 Å². The number of aromatic nitrogens is 2. The summed E-state index contributed by atoms with van der Waals surface area (Å²) in [7, 11) is 3.99. The molecule has 0 radical (unpaired) electrons. The summed E-state index contributed by atoms with van der Waals surface area (Å²) in [5.41, 5.74) is 2.36. The van der Waals surface area contributed by atoms with Crippen molar-refractivity contribution in [2.24, 2.45) is 0 Å². The first kappa shape index (κ1) is 20.2. The number of likely N-dealkylation sites (N-methyl/N-ethyl adjacent to an activating group) is 1. The van der Waals surface area contributed by atoms with E-state index in [1.54, 1.807) is 17.7 Å². The van der Waals surface area contributed by atoms with E-state index in [4.69, 9.17) is 0 Å². The average Bonchev–Trinajstić information content (AvgIpc) is 3.02. The van der Waals surface area contributed by atoms with Gasteiger partial charge in [0.2, 0.25) is 5.91 Å². The number of nitrogens with zero attached hydrogens (tertiary/aromatic N) is 3. The van der Waals surface area contributed by atoms with Gasteiger partial charge in [-0.3, -0.25) is 4.79 Å². The fourth-order valence-corrected chi connectivity index (χ4v) is 4.11. The second kappa shape index (κ2) is 9.61. The molecule has 0 bridgehead atoms. The average molecular weight is 398 g/mol. The summed E-state index contributed by atoms with van der Waals surface area (Å²) in [6, 6.07) is 10.3. The van der Waals surface area contributed by atoms with Crippen LogP contribution in [0.1, 0.15) is 17.7 Å². The van der Waals surface area contributed by atoms with Crippen LogP contribution in [0.25, 0.3) is 21.3 Å². The minimum atomic E-state index is 0.0906. The number of anilines is 1. The van der Waals surface area contributed by atoms with Crippen LogP contribution in [-0.4, -0.2) is 54.5 Å². The highest BCUT2D eigenvalue weighted by Crippen LogP contribution is 2.40. The van der Waals surface area contributed by atoms with E-state index in [9.17, 15) is 4.79 Å². The molecule has 3 rings (SSSR count). The summed E-state index contributed by atoms with van der Waals surface area (Å²) in [6.45, 7) is 4.34. The van der Waals surface area contributed by atoms with Crippen LogP contribution in [0.2, 0.25) is 0 Å². The lowest BCUT2D eigenvalue weighted by Gasteiger charge is -2.11. The van der Waals surface area contributed by atoms with E-state index in [1.807, 2.05) is 32.3 Å². The van der Waals surface area contributed by atoms with Crippen molar-refractivity contribution < 1.29 is 4.79 Å². The molecule has 1 aromatic carbocycles. The van der Waals surface area contributed by atoms with Crippen molar-refractivity contribution in [2.45, 2.75) is 19.8 Å². The SMILES string of the molecule is Cc1sc2ncnc(NCCCC(=O)NCCN(C)C)c2c1-c1ccccc1. The van der Waals surface area contributed by atoms with Gasteiger partial charge in [0.05, 0.1) is 5.39 Å². The minimum absolute atomic E-state index is 0.0906. The van der Waals surface area contributed by atoms with Crippen LogP contribution >= 0.6 is 11.3 Å². The molecule has 0 saturated heterocycles. The second-order valence-electron chi connectivity index (χ2n) is 6.99. The van der Waals surface area contributed by atoms with Gasteiger partial charge in [-0.2, -0.15) is 0 Å². The highest BCUT2D eigenvalue weighted by molar-refractivity contribution is 7.19. The molecule has 0 spiro atoms. The molecular weight excluding hydrogens is 370 g/mol. The lowest BCUT2D eigenvalue weighted by molar-refractivity contribution is -0.121. The van der Waals surface area contributed by atoms with Crippen LogP contribution in [0, 0.1) is 6.92 Å². The van der Waals surface area contributed by atoms with Crippen LogP contribution in [0.4, 0.5) is 5.82 Å². The Kier molecular flexibility index (Phi) is 6.95. The first-order valence-electron chi connectivity index (χ1n) is 9.51. The van der Waals surface area contributed by atoms with Crippen LogP contribution in [-0.2, 0) is 4.79 Å². The predicted molar refractivity (Wildman–Crippen MR) is 117 cm³/mol. The summed E-state index contributed by atoms with van der Waals surface area (Å²) in [4.78, 5) is 25.1. The largest absolute Gasteiger partial charge is 0.369 e. The van der Waals surface area contributed by atoms with E-state index >= 15 is 0 Å². The summed E-state index contributed by atoms with van der Waals surface area (Å²) in [5.74, 6) is 0.925. The molecule has 0 atom stereocenters. The molecule has 3 aromatic rings. The molecule has 0 fully saturated rings. The maximum atomic E-state index is 11.9. The van der Waals surface area contributed by atoms with Gasteiger partial charge in [0, 0.05) is 36.5 Å². The molecular formula is C21H27N5OS. The number of benzene rings is 1. The zero-order valence-corrected chi connectivity index (χ0v) is 17.5. The number of nitrogens with one attached hydrogen (secondary N) is 2. The fourth-order valence-electron chi connectivity index (χ4n) is 3.09. The molecule has 1 amide bonds. The predicted octanol–water partition coefficient (Wildman–Crippen LogP) is 3.54. The standard InChI is InChI=1S/C21H27N5OS/c1-15-18(16-8-5-4-6-9-16)19-20(24-14-25-21(19)28-15)23-11-7-10-17(27)22-12-13-26(2)3/h4-6,8-9,14H,7,10-13H2,1-3H3,(H,22,27)(H,23,24,25). The maximum absolute atomic E-state index is 11.9. The first-order valence-corrected chi connectivity index (χ1v) is 10.3. The third kappa shape index (κ3) is 5.05. The molecule has 0 saturated carbocycles. The number of carbonyl (C=O) groups excluding carboxylic acids is 1. The third-order valence-electron chi connectivity index (χ3n) is 4.48. The molecule has 2 heterocycles. The van der Waals surface area contributed by atoms with Crippen LogP contribution < -0.4 is 10.6 Å². The fraction of sp³-hybridized carbons (Fsp3) is 0.381. The van der Waals surface area contributed by atoms with E-state index in [-0.39, 0.29) is 5.91 Å². The molecule has 2 N–H and O–H groups in total. The van der Waals surface area contributed by atoms with Gasteiger partial charge in [-0.15, -0.1) is 11.3 Å². The Balaban J connectivity index is 1.65. The third-order valence-corrected chi connectivity index (χ3v) is 5.49. The Morgan fingerprint density at radius 1 is 1.14 bits per heavy atom. The Morgan fingerprint density at radius 3 is 2.68 bits per heavy atom. The van der Waals surface area contributed by atoms with Gasteiger partial charge >= 0.3 is 0 Å². The number of rotatable bonds is 9. The van der Waals surface area contributed by atoms with E-state index in [1.165, 1.54) is 16.0 Å². The van der Waals surface area contributed by atoms with Crippen LogP contribution in [0.3, 0.4) is 0 Å². The summed E-state index contributed by atoms with van der Waals surface area (Å²) in [5, 5.41) is 7.41. The molecule has 2 aromatic heterocycles. The zero-order valence-electron chi connectivity index (χ0n) is 16.7. The molecule has 148 valence electrons. The van der Waals surface area contributed by atoms with Gasteiger partial charge < -0.3 is 15.5 Å². The summed E-state index contributed by atoms with van der Waals surface area (Å²) < 4.78 is 0. The number of amides is 1. The first-order chi connectivity index (χ1) is 13.6. The van der Waals surface area contributed by atoms with Gasteiger partial charge in [0.25, 0.3) is 0 Å². The van der Waals surface area contributed by atoms with Crippen molar-refractivity contribution >= 4 is 33.3 Å². The van der Waals surface area contributed by atoms with E-state index in [0.717, 1.165) is 29.0 Å². The van der Waals surface area contributed by atoms with Crippen molar-refractivity contribution in [3.8, 4) is 11.1 Å². The van der Waals surface area contributed by atoms with E-state index < -0.39 is 0 Å². The Hall–Kier alpha value is -2.51. The van der Waals surface area contributed by atoms with Gasteiger partial charge in [0.1, 0.15) is 17.0 Å². The number of aryl methyl sites for hydroxylation is 1. The minimum Gasteiger partial charge on any atom is -0.369 e. The van der Waals surface area contributed by atoms with Crippen molar-refractivity contribution in [2.75, 3.05) is 39.0 Å². The van der Waals surface area contributed by atoms with Gasteiger partial charge in [0.15, 0.2) is 0 Å². The van der Waals surface area contributed by atoms with Crippen LogP contribution in [0.15, 0.2) is 36.7 Å². The summed E-state index contributed by atoms with van der Waals surface area (Å²) >= 11 is 1.68. The topological polar surface area (TPSA) is 70.1 Å². The normalized spacial score (nSPS) is 11.1. The number of hydrogen-bond donors (Lipinski definition) is 2. The highest BCUT2D eigenvalue weighted by atomic mass is 32.1. The van der Waals surface area contributed by atoms with Gasteiger partial charge in [-0.1, -0.05) is 30.3 Å². The molecule has 6 nitrogen and oxygen atoms in total.